The van der Waals surface area contributed by atoms with Crippen LogP contribution in [0.4, 0.5) is 0 Å². The van der Waals surface area contributed by atoms with Crippen molar-refractivity contribution in [3.63, 3.8) is 0 Å². The summed E-state index contributed by atoms with van der Waals surface area (Å²) in [5, 5.41) is 23.7. The minimum absolute atomic E-state index is 0.115. The van der Waals surface area contributed by atoms with Crippen molar-refractivity contribution in [3.05, 3.63) is 59.7 Å². The molecule has 0 fully saturated rings. The predicted molar refractivity (Wildman–Crippen MR) is 115 cm³/mol. The van der Waals surface area contributed by atoms with E-state index < -0.39 is 17.4 Å². The lowest BCUT2D eigenvalue weighted by Gasteiger charge is -2.28. The van der Waals surface area contributed by atoms with Crippen molar-refractivity contribution >= 4 is 11.8 Å². The zero-order valence-electron chi connectivity index (χ0n) is 17.7. The number of unbranched alkanes of at least 4 members (excludes halogenated alkanes) is 5. The molecule has 0 aromatic heterocycles. The molecule has 0 saturated heterocycles. The maximum atomic E-state index is 13.0. The Balaban J connectivity index is 2.18. The molecule has 0 saturated carbocycles. The van der Waals surface area contributed by atoms with Crippen LogP contribution in [-0.2, 0) is 15.2 Å². The molecular formula is C24H31NO5. The van der Waals surface area contributed by atoms with Crippen LogP contribution in [0.2, 0.25) is 0 Å². The minimum atomic E-state index is -2.11. The Morgan fingerprint density at radius 2 is 1.63 bits per heavy atom. The molecule has 0 aliphatic rings. The zero-order chi connectivity index (χ0) is 22.0. The number of carbonyl (C=O) groups excluding carboxylic acids is 2. The molecule has 2 aromatic carbocycles. The SMILES string of the molecule is CCCCCCCCC(=O)NC(=O)C(O)(c1ccccc1)c1ccc(O)c(OC)c1. The van der Waals surface area contributed by atoms with E-state index in [1.807, 2.05) is 0 Å². The maximum absolute atomic E-state index is 13.0. The standard InChI is InChI=1S/C24H31NO5/c1-3-4-5-6-7-11-14-22(27)25-23(28)24(29,18-12-9-8-10-13-18)19-15-16-20(26)21(17-19)30-2/h8-10,12-13,15-17,26,29H,3-7,11,14H2,1-2H3,(H,25,27,28). The van der Waals surface area contributed by atoms with Crippen LogP contribution in [0.5, 0.6) is 11.5 Å². The Bertz CT molecular complexity index is 837. The van der Waals surface area contributed by atoms with Crippen LogP contribution in [0.15, 0.2) is 48.5 Å². The summed E-state index contributed by atoms with van der Waals surface area (Å²) in [5.41, 5.74) is -1.62. The number of nitrogens with one attached hydrogen (secondary N) is 1. The number of phenolic OH excluding ortho intramolecular Hbond substituents is 1. The second-order valence-corrected chi connectivity index (χ2v) is 7.36. The Morgan fingerprint density at radius 1 is 0.967 bits per heavy atom. The summed E-state index contributed by atoms with van der Waals surface area (Å²) in [4.78, 5) is 25.4. The number of imide groups is 1. The van der Waals surface area contributed by atoms with Gasteiger partial charge >= 0.3 is 0 Å². The van der Waals surface area contributed by atoms with Crippen molar-refractivity contribution in [2.45, 2.75) is 57.5 Å². The Kier molecular flexibility index (Phi) is 8.87. The van der Waals surface area contributed by atoms with E-state index in [0.717, 1.165) is 25.7 Å². The van der Waals surface area contributed by atoms with Gasteiger partial charge in [-0.15, -0.1) is 0 Å². The number of amides is 2. The topological polar surface area (TPSA) is 95.9 Å². The van der Waals surface area contributed by atoms with Crippen LogP contribution in [0.25, 0.3) is 0 Å². The fraction of sp³-hybridized carbons (Fsp3) is 0.417. The summed E-state index contributed by atoms with van der Waals surface area (Å²) >= 11 is 0. The molecule has 3 N–H and O–H groups in total. The van der Waals surface area contributed by atoms with Crippen molar-refractivity contribution in [2.75, 3.05) is 7.11 Å². The molecule has 0 spiro atoms. The van der Waals surface area contributed by atoms with Gasteiger partial charge in [0, 0.05) is 12.0 Å². The molecule has 30 heavy (non-hydrogen) atoms. The van der Waals surface area contributed by atoms with E-state index in [1.54, 1.807) is 30.3 Å². The third-order valence-corrected chi connectivity index (χ3v) is 5.13. The van der Waals surface area contributed by atoms with E-state index >= 15 is 0 Å². The molecule has 1 unspecified atom stereocenters. The lowest BCUT2D eigenvalue weighted by atomic mass is 9.85. The van der Waals surface area contributed by atoms with Gasteiger partial charge in [-0.2, -0.15) is 0 Å². The Labute approximate surface area is 177 Å². The van der Waals surface area contributed by atoms with Gasteiger partial charge < -0.3 is 14.9 Å². The van der Waals surface area contributed by atoms with Gasteiger partial charge in [-0.05, 0) is 24.1 Å². The van der Waals surface area contributed by atoms with Crippen molar-refractivity contribution in [1.29, 1.82) is 0 Å². The minimum Gasteiger partial charge on any atom is -0.504 e. The molecule has 0 aliphatic carbocycles. The monoisotopic (exact) mass is 413 g/mol. The molecule has 2 amide bonds. The number of hydrogen-bond acceptors (Lipinski definition) is 5. The normalized spacial score (nSPS) is 12.8. The summed E-state index contributed by atoms with van der Waals surface area (Å²) in [6.07, 6.45) is 6.41. The highest BCUT2D eigenvalue weighted by Crippen LogP contribution is 2.35. The number of benzene rings is 2. The van der Waals surface area contributed by atoms with E-state index in [2.05, 4.69) is 12.2 Å². The number of ether oxygens (including phenoxy) is 1. The molecule has 0 radical (unpaired) electrons. The van der Waals surface area contributed by atoms with Gasteiger partial charge in [0.25, 0.3) is 5.91 Å². The van der Waals surface area contributed by atoms with Crippen LogP contribution in [0.3, 0.4) is 0 Å². The summed E-state index contributed by atoms with van der Waals surface area (Å²) in [5.74, 6) is -1.25. The average molecular weight is 414 g/mol. The highest BCUT2D eigenvalue weighted by Gasteiger charge is 2.41. The van der Waals surface area contributed by atoms with Crippen LogP contribution < -0.4 is 10.1 Å². The molecular weight excluding hydrogens is 382 g/mol. The molecule has 0 heterocycles. The summed E-state index contributed by atoms with van der Waals surface area (Å²) in [7, 11) is 1.38. The molecule has 6 nitrogen and oxygen atoms in total. The van der Waals surface area contributed by atoms with E-state index in [-0.39, 0.29) is 23.5 Å². The van der Waals surface area contributed by atoms with Crippen molar-refractivity contribution in [1.82, 2.24) is 5.32 Å². The van der Waals surface area contributed by atoms with Crippen molar-refractivity contribution in [3.8, 4) is 11.5 Å². The lowest BCUT2D eigenvalue weighted by molar-refractivity contribution is -0.141. The number of hydrogen-bond donors (Lipinski definition) is 3. The first kappa shape index (κ1) is 23.4. The van der Waals surface area contributed by atoms with Gasteiger partial charge in [0.15, 0.2) is 17.1 Å². The van der Waals surface area contributed by atoms with E-state index in [4.69, 9.17) is 4.74 Å². The van der Waals surface area contributed by atoms with E-state index in [9.17, 15) is 19.8 Å². The van der Waals surface area contributed by atoms with Gasteiger partial charge in [0.05, 0.1) is 7.11 Å². The molecule has 1 atom stereocenters. The smallest absolute Gasteiger partial charge is 0.267 e. The first-order valence-electron chi connectivity index (χ1n) is 10.4. The zero-order valence-corrected chi connectivity index (χ0v) is 17.7. The van der Waals surface area contributed by atoms with Gasteiger partial charge in [0.1, 0.15) is 0 Å². The van der Waals surface area contributed by atoms with Crippen LogP contribution in [0.1, 0.15) is 63.0 Å². The largest absolute Gasteiger partial charge is 0.504 e. The number of aromatic hydroxyl groups is 1. The van der Waals surface area contributed by atoms with Gasteiger partial charge in [-0.3, -0.25) is 14.9 Å². The van der Waals surface area contributed by atoms with Crippen LogP contribution >= 0.6 is 0 Å². The van der Waals surface area contributed by atoms with Gasteiger partial charge in [-0.25, -0.2) is 0 Å². The third kappa shape index (κ3) is 5.83. The number of rotatable bonds is 11. The summed E-state index contributed by atoms with van der Waals surface area (Å²) in [6, 6.07) is 12.5. The van der Waals surface area contributed by atoms with E-state index in [1.165, 1.54) is 31.7 Å². The first-order chi connectivity index (χ1) is 14.4. The molecule has 0 aliphatic heterocycles. The van der Waals surface area contributed by atoms with Crippen molar-refractivity contribution < 1.29 is 24.5 Å². The number of phenols is 1. The second kappa shape index (κ2) is 11.4. The molecule has 0 bridgehead atoms. The van der Waals surface area contributed by atoms with Gasteiger partial charge in [-0.1, -0.05) is 75.4 Å². The van der Waals surface area contributed by atoms with Crippen LogP contribution in [-0.4, -0.2) is 29.1 Å². The summed E-state index contributed by atoms with van der Waals surface area (Å²) in [6.45, 7) is 2.15. The number of methoxy groups -OCH3 is 1. The molecule has 2 rings (SSSR count). The van der Waals surface area contributed by atoms with Gasteiger partial charge in [0.2, 0.25) is 5.91 Å². The fourth-order valence-electron chi connectivity index (χ4n) is 3.36. The summed E-state index contributed by atoms with van der Waals surface area (Å²) < 4.78 is 5.11. The highest BCUT2D eigenvalue weighted by atomic mass is 16.5. The van der Waals surface area contributed by atoms with Crippen LogP contribution in [0, 0.1) is 0 Å². The molecule has 6 heteroatoms. The van der Waals surface area contributed by atoms with E-state index in [0.29, 0.717) is 12.0 Å². The average Bonchev–Trinajstić information content (AvgIpc) is 2.76. The Hall–Kier alpha value is -2.86. The van der Waals surface area contributed by atoms with Crippen molar-refractivity contribution in [2.24, 2.45) is 0 Å². The highest BCUT2D eigenvalue weighted by molar-refractivity contribution is 6.01. The number of aliphatic hydroxyl groups is 1. The predicted octanol–water partition coefficient (Wildman–Crippen LogP) is 4.03. The quantitative estimate of drug-likeness (QED) is 0.484. The maximum Gasteiger partial charge on any atom is 0.267 e. The lowest BCUT2D eigenvalue weighted by Crippen LogP contribution is -2.47. The molecule has 162 valence electrons. The number of carbonyl (C=O) groups is 2. The first-order valence-corrected chi connectivity index (χ1v) is 10.4. The molecule has 2 aromatic rings. The Morgan fingerprint density at radius 3 is 2.30 bits per heavy atom. The fourth-order valence-corrected chi connectivity index (χ4v) is 3.36. The third-order valence-electron chi connectivity index (χ3n) is 5.13. The second-order valence-electron chi connectivity index (χ2n) is 7.36.